The lowest BCUT2D eigenvalue weighted by Gasteiger charge is -2.44. The standard InChI is InChI=1S/C38H47ClN5O6S/c1-5-49-33-11-8-9-24(2)38(40-36(46)31-23-43(3)41-37(31)48-4)51(47)42-35(45)26-14-17-34-32(20-26)44(22-28-13-16-30(28)33)21-27-12-15-29(39)19-25(27)10-6-7-18-50-34/h8,11-12,14-15,17,19-20,23-24,28,30,33,38H,5-7,9-10,13,16,18,21-22H2,1-4H3,(H,40,46)/q-1/b11-8+/t24-,28-,30+,33-,38?/m0/s1. The summed E-state index contributed by atoms with van der Waals surface area (Å²) < 4.78 is 37.6. The van der Waals surface area contributed by atoms with E-state index in [9.17, 15) is 13.8 Å². The Hall–Kier alpha value is -3.87. The summed E-state index contributed by atoms with van der Waals surface area (Å²) in [6.45, 7) is 6.34. The number of halogens is 1. The molecule has 11 nitrogen and oxygen atoms in total. The largest absolute Gasteiger partial charge is 0.491 e. The summed E-state index contributed by atoms with van der Waals surface area (Å²) in [7, 11) is 0.987. The van der Waals surface area contributed by atoms with Crippen LogP contribution in [0, 0.1) is 17.8 Å². The molecule has 0 saturated heterocycles. The smallest absolute Gasteiger partial charge is 0.257 e. The Bertz CT molecular complexity index is 1860. The van der Waals surface area contributed by atoms with Crippen LogP contribution in [0.1, 0.15) is 77.8 Å². The zero-order valence-corrected chi connectivity index (χ0v) is 31.3. The van der Waals surface area contributed by atoms with Crippen LogP contribution in [-0.4, -0.2) is 59.9 Å². The first-order valence-corrected chi connectivity index (χ1v) is 19.3. The van der Waals surface area contributed by atoms with Gasteiger partial charge in [0, 0.05) is 43.5 Å². The molecule has 274 valence electrons. The Kier molecular flexibility index (Phi) is 12.0. The number of allylic oxidation sites excluding steroid dienone is 1. The van der Waals surface area contributed by atoms with Gasteiger partial charge in [-0.1, -0.05) is 36.7 Å². The van der Waals surface area contributed by atoms with Gasteiger partial charge in [0.15, 0.2) is 0 Å². The number of nitrogens with one attached hydrogen (secondary N) is 1. The molecular weight excluding hydrogens is 690 g/mol. The van der Waals surface area contributed by atoms with E-state index in [0.29, 0.717) is 48.8 Å². The minimum Gasteiger partial charge on any atom is -0.491 e. The van der Waals surface area contributed by atoms with Gasteiger partial charge in [-0.15, -0.1) is 5.10 Å². The van der Waals surface area contributed by atoms with Gasteiger partial charge in [0.2, 0.25) is 5.88 Å². The van der Waals surface area contributed by atoms with Gasteiger partial charge in [-0.05, 0) is 110 Å². The van der Waals surface area contributed by atoms with Crippen molar-refractivity contribution in [3.8, 4) is 11.6 Å². The van der Waals surface area contributed by atoms with Crippen molar-refractivity contribution in [2.24, 2.45) is 29.2 Å². The minimum atomic E-state index is -2.12. The maximum atomic E-state index is 14.0. The number of methoxy groups -OCH3 is 1. The van der Waals surface area contributed by atoms with Crippen molar-refractivity contribution in [1.82, 2.24) is 15.1 Å². The van der Waals surface area contributed by atoms with Crippen molar-refractivity contribution >= 4 is 39.7 Å². The Morgan fingerprint density at radius 2 is 2.00 bits per heavy atom. The molecule has 2 aromatic carbocycles. The molecule has 51 heavy (non-hydrogen) atoms. The highest BCUT2D eigenvalue weighted by molar-refractivity contribution is 7.75. The molecule has 1 saturated carbocycles. The number of carbonyl (C=O) groups is 2. The number of aryl methyl sites for hydroxylation is 2. The molecule has 3 aromatic rings. The lowest BCUT2D eigenvalue weighted by Crippen LogP contribution is -2.44. The van der Waals surface area contributed by atoms with Gasteiger partial charge in [0.1, 0.15) is 11.3 Å². The summed E-state index contributed by atoms with van der Waals surface area (Å²) >= 11 is 6.47. The van der Waals surface area contributed by atoms with E-state index in [1.807, 2.05) is 38.1 Å². The zero-order valence-electron chi connectivity index (χ0n) is 29.7. The summed E-state index contributed by atoms with van der Waals surface area (Å²) in [6, 6.07) is 11.4. The molecule has 1 fully saturated rings. The van der Waals surface area contributed by atoms with Gasteiger partial charge in [0.25, 0.3) is 11.8 Å². The van der Waals surface area contributed by atoms with Gasteiger partial charge in [-0.3, -0.25) is 14.3 Å². The molecular formula is C38H47ClN5O6S-. The summed E-state index contributed by atoms with van der Waals surface area (Å²) in [5.74, 6) is -0.0419. The van der Waals surface area contributed by atoms with E-state index in [1.54, 1.807) is 13.1 Å². The van der Waals surface area contributed by atoms with Crippen molar-refractivity contribution < 1.29 is 28.0 Å². The fourth-order valence-electron chi connectivity index (χ4n) is 7.22. The Balaban J connectivity index is 1.43. The summed E-state index contributed by atoms with van der Waals surface area (Å²) in [5, 5.41) is 6.79. The van der Waals surface area contributed by atoms with Crippen molar-refractivity contribution in [1.29, 1.82) is 0 Å². The number of amides is 2. The number of hydrogen-bond donors (Lipinski definition) is 1. The highest BCUT2D eigenvalue weighted by Gasteiger charge is 2.38. The van der Waals surface area contributed by atoms with Crippen molar-refractivity contribution in [2.75, 3.05) is 31.8 Å². The number of aromatic nitrogens is 2. The Morgan fingerprint density at radius 1 is 1.16 bits per heavy atom. The third-order valence-electron chi connectivity index (χ3n) is 10.1. The van der Waals surface area contributed by atoms with E-state index in [-0.39, 0.29) is 29.0 Å². The van der Waals surface area contributed by atoms with E-state index in [4.69, 9.17) is 25.8 Å². The molecule has 3 aliphatic rings. The first-order valence-electron chi connectivity index (χ1n) is 17.8. The highest BCUT2D eigenvalue weighted by Crippen LogP contribution is 2.42. The molecule has 1 aromatic heterocycles. The molecule has 3 heterocycles. The number of carbonyl (C=O) groups excluding carboxylic acids is 2. The van der Waals surface area contributed by atoms with Crippen LogP contribution in [0.25, 0.3) is 0 Å². The zero-order chi connectivity index (χ0) is 36.1. The van der Waals surface area contributed by atoms with E-state index in [2.05, 4.69) is 37.9 Å². The summed E-state index contributed by atoms with van der Waals surface area (Å²) in [4.78, 5) is 29.6. The Labute approximate surface area is 306 Å². The van der Waals surface area contributed by atoms with E-state index < -0.39 is 27.8 Å². The van der Waals surface area contributed by atoms with Gasteiger partial charge in [-0.25, -0.2) is 0 Å². The van der Waals surface area contributed by atoms with Crippen LogP contribution in [0.15, 0.2) is 59.1 Å². The topological polar surface area (TPSA) is 124 Å². The fourth-order valence-corrected chi connectivity index (χ4v) is 8.51. The molecule has 0 radical (unpaired) electrons. The molecule has 1 aliphatic carbocycles. The maximum absolute atomic E-state index is 14.0. The van der Waals surface area contributed by atoms with Crippen LogP contribution in [0.4, 0.5) is 5.69 Å². The fraction of sp³-hybridized carbons (Fsp3) is 0.500. The first-order chi connectivity index (χ1) is 24.6. The average Bonchev–Trinajstić information content (AvgIpc) is 3.48. The molecule has 1 N–H and O–H groups in total. The molecule has 5 atom stereocenters. The van der Waals surface area contributed by atoms with Crippen LogP contribution in [0.5, 0.6) is 11.6 Å². The monoisotopic (exact) mass is 736 g/mol. The van der Waals surface area contributed by atoms with Crippen molar-refractivity contribution in [3.05, 3.63) is 82.0 Å². The SMILES string of the molecule is CCO[C@H]1/C=C/C[C@H](C)C(NC(=O)c2cn(C)nc2OC)[S-](=O)=NC(=O)c2ccc3c(c2)N(Cc2ccc(Cl)cc2CCCCO3)C[C@@H]2CC[C@H]21. The molecule has 13 heteroatoms. The van der Waals surface area contributed by atoms with Crippen LogP contribution in [-0.2, 0) is 39.6 Å². The Morgan fingerprint density at radius 3 is 2.76 bits per heavy atom. The van der Waals surface area contributed by atoms with Crippen molar-refractivity contribution in [3.63, 3.8) is 0 Å². The number of fused-ring (bicyclic) bond motifs is 3. The average molecular weight is 737 g/mol. The molecule has 6 rings (SSSR count). The predicted octanol–water partition coefficient (Wildman–Crippen LogP) is 6.87. The highest BCUT2D eigenvalue weighted by atomic mass is 35.5. The molecule has 2 aliphatic heterocycles. The quantitative estimate of drug-likeness (QED) is 0.222. The van der Waals surface area contributed by atoms with E-state index in [1.165, 1.54) is 29.1 Å². The second-order valence-electron chi connectivity index (χ2n) is 13.6. The summed E-state index contributed by atoms with van der Waals surface area (Å²) in [5.41, 5.74) is 3.66. The van der Waals surface area contributed by atoms with E-state index in [0.717, 1.165) is 44.3 Å². The minimum absolute atomic E-state index is 0.101. The number of benzene rings is 2. The third kappa shape index (κ3) is 8.61. The van der Waals surface area contributed by atoms with E-state index >= 15 is 0 Å². The third-order valence-corrected chi connectivity index (χ3v) is 11.7. The van der Waals surface area contributed by atoms with Crippen LogP contribution in [0.3, 0.4) is 0 Å². The van der Waals surface area contributed by atoms with Crippen LogP contribution < -0.4 is 19.7 Å². The van der Waals surface area contributed by atoms with Gasteiger partial charge >= 0.3 is 0 Å². The number of hydrogen-bond acceptors (Lipinski definition) is 9. The van der Waals surface area contributed by atoms with Gasteiger partial charge < -0.3 is 33.0 Å². The predicted molar refractivity (Wildman–Crippen MR) is 198 cm³/mol. The van der Waals surface area contributed by atoms with Gasteiger partial charge in [0.05, 0.1) is 25.5 Å². The van der Waals surface area contributed by atoms with Crippen LogP contribution >= 0.6 is 11.6 Å². The number of ether oxygens (including phenoxy) is 3. The second kappa shape index (κ2) is 16.6. The molecule has 2 bridgehead atoms. The molecule has 2 amide bonds. The van der Waals surface area contributed by atoms with Gasteiger partial charge in [-0.2, -0.15) is 10.6 Å². The number of anilines is 1. The van der Waals surface area contributed by atoms with Crippen LogP contribution in [0.2, 0.25) is 5.02 Å². The number of nitrogens with zero attached hydrogens (tertiary/aromatic N) is 4. The lowest BCUT2D eigenvalue weighted by atomic mass is 9.70. The molecule has 0 spiro atoms. The number of rotatable bonds is 5. The summed E-state index contributed by atoms with van der Waals surface area (Å²) in [6.07, 6.45) is 10.9. The molecule has 1 unspecified atom stereocenters. The normalized spacial score (nSPS) is 25.2. The van der Waals surface area contributed by atoms with Crippen molar-refractivity contribution in [2.45, 2.75) is 70.4 Å². The lowest BCUT2D eigenvalue weighted by molar-refractivity contribution is -0.00852. The second-order valence-corrected chi connectivity index (χ2v) is 15.3. The maximum Gasteiger partial charge on any atom is 0.257 e. The first kappa shape index (κ1) is 36.9.